The van der Waals surface area contributed by atoms with E-state index in [0.29, 0.717) is 16.6 Å². The van der Waals surface area contributed by atoms with E-state index in [1.807, 2.05) is 19.9 Å². The predicted molar refractivity (Wildman–Crippen MR) is 73.0 cm³/mol. The Kier molecular flexibility index (Phi) is 3.91. The Morgan fingerprint density at radius 1 is 1.39 bits per heavy atom. The molecule has 4 heteroatoms. The van der Waals surface area contributed by atoms with Crippen molar-refractivity contribution in [3.8, 4) is 0 Å². The largest absolute Gasteiger partial charge is 0.349 e. The highest BCUT2D eigenvalue weighted by molar-refractivity contribution is 6.29. The van der Waals surface area contributed by atoms with Gasteiger partial charge in [0.05, 0.1) is 0 Å². The minimum Gasteiger partial charge on any atom is -0.349 e. The smallest absolute Gasteiger partial charge is 0.251 e. The molecule has 1 amide bonds. The third-order valence-electron chi connectivity index (χ3n) is 3.36. The number of nitrogens with one attached hydrogen (secondary N) is 1. The highest BCUT2D eigenvalue weighted by Gasteiger charge is 2.29. The number of amides is 1. The molecular formula is C14H19ClN2O. The average molecular weight is 267 g/mol. The zero-order valence-corrected chi connectivity index (χ0v) is 11.8. The van der Waals surface area contributed by atoms with E-state index in [-0.39, 0.29) is 17.9 Å². The molecule has 0 radical (unpaired) electrons. The van der Waals surface area contributed by atoms with Gasteiger partial charge in [-0.3, -0.25) is 4.79 Å². The summed E-state index contributed by atoms with van der Waals surface area (Å²) in [6, 6.07) is 3.69. The van der Waals surface area contributed by atoms with Crippen molar-refractivity contribution in [3.05, 3.63) is 28.5 Å². The van der Waals surface area contributed by atoms with E-state index in [1.54, 1.807) is 6.07 Å². The lowest BCUT2D eigenvalue weighted by molar-refractivity contribution is 0.0935. The van der Waals surface area contributed by atoms with E-state index in [9.17, 15) is 4.79 Å². The summed E-state index contributed by atoms with van der Waals surface area (Å²) in [7, 11) is 0. The Labute approximate surface area is 113 Å². The lowest BCUT2D eigenvalue weighted by atomic mass is 10.1. The van der Waals surface area contributed by atoms with Crippen molar-refractivity contribution in [1.82, 2.24) is 10.3 Å². The highest BCUT2D eigenvalue weighted by atomic mass is 35.5. The normalized spacial score (nSPS) is 16.7. The summed E-state index contributed by atoms with van der Waals surface area (Å²) >= 11 is 5.96. The van der Waals surface area contributed by atoms with Crippen molar-refractivity contribution in [2.24, 2.45) is 5.92 Å². The van der Waals surface area contributed by atoms with Crippen LogP contribution in [0.25, 0.3) is 0 Å². The molecule has 1 aliphatic carbocycles. The van der Waals surface area contributed by atoms with E-state index in [0.717, 1.165) is 5.69 Å². The summed E-state index contributed by atoms with van der Waals surface area (Å²) in [6.45, 7) is 6.13. The number of aromatic nitrogens is 1. The first-order chi connectivity index (χ1) is 8.47. The molecule has 1 atom stereocenters. The van der Waals surface area contributed by atoms with Crippen LogP contribution in [0.5, 0.6) is 0 Å². The molecule has 18 heavy (non-hydrogen) atoms. The summed E-state index contributed by atoms with van der Waals surface area (Å²) < 4.78 is 0. The van der Waals surface area contributed by atoms with Crippen LogP contribution in [0.2, 0.25) is 5.15 Å². The van der Waals surface area contributed by atoms with Crippen LogP contribution in [-0.4, -0.2) is 16.9 Å². The van der Waals surface area contributed by atoms with Gasteiger partial charge in [0.2, 0.25) is 0 Å². The van der Waals surface area contributed by atoms with Crippen molar-refractivity contribution in [1.29, 1.82) is 0 Å². The number of hydrogen-bond acceptors (Lipinski definition) is 2. The van der Waals surface area contributed by atoms with Gasteiger partial charge in [0.15, 0.2) is 0 Å². The SMILES string of the molecule is CC(C)c1cc(C(=O)NC(C)C2CC2)cc(Cl)n1. The number of halogens is 1. The quantitative estimate of drug-likeness (QED) is 0.849. The Bertz CT molecular complexity index is 455. The van der Waals surface area contributed by atoms with Gasteiger partial charge in [0, 0.05) is 17.3 Å². The fourth-order valence-corrected chi connectivity index (χ4v) is 2.16. The summed E-state index contributed by atoms with van der Waals surface area (Å²) in [5, 5.41) is 3.41. The first-order valence-corrected chi connectivity index (χ1v) is 6.83. The van der Waals surface area contributed by atoms with Gasteiger partial charge in [0.1, 0.15) is 5.15 Å². The zero-order chi connectivity index (χ0) is 13.3. The van der Waals surface area contributed by atoms with E-state index in [4.69, 9.17) is 11.6 Å². The number of nitrogens with zero attached hydrogens (tertiary/aromatic N) is 1. The van der Waals surface area contributed by atoms with Crippen molar-refractivity contribution >= 4 is 17.5 Å². The molecular weight excluding hydrogens is 248 g/mol. The molecule has 1 saturated carbocycles. The van der Waals surface area contributed by atoms with E-state index in [2.05, 4.69) is 17.2 Å². The fourth-order valence-electron chi connectivity index (χ4n) is 1.95. The molecule has 98 valence electrons. The van der Waals surface area contributed by atoms with Gasteiger partial charge >= 0.3 is 0 Å². The molecule has 1 aromatic heterocycles. The fraction of sp³-hybridized carbons (Fsp3) is 0.571. The van der Waals surface area contributed by atoms with Crippen LogP contribution in [0.3, 0.4) is 0 Å². The van der Waals surface area contributed by atoms with Gasteiger partial charge in [-0.15, -0.1) is 0 Å². The minimum atomic E-state index is -0.0550. The van der Waals surface area contributed by atoms with Gasteiger partial charge in [-0.05, 0) is 43.7 Å². The third-order valence-corrected chi connectivity index (χ3v) is 3.55. The maximum Gasteiger partial charge on any atom is 0.251 e. The Hall–Kier alpha value is -1.09. The summed E-state index contributed by atoms with van der Waals surface area (Å²) in [5.41, 5.74) is 1.46. The summed E-state index contributed by atoms with van der Waals surface area (Å²) in [6.07, 6.45) is 2.44. The number of carbonyl (C=O) groups is 1. The van der Waals surface area contributed by atoms with Crippen LogP contribution in [0.4, 0.5) is 0 Å². The lowest BCUT2D eigenvalue weighted by Gasteiger charge is -2.14. The standard InChI is InChI=1S/C14H19ClN2O/c1-8(2)12-6-11(7-13(15)17-12)14(18)16-9(3)10-4-5-10/h6-10H,4-5H2,1-3H3,(H,16,18). The van der Waals surface area contributed by atoms with Crippen LogP contribution in [0.1, 0.15) is 55.6 Å². The van der Waals surface area contributed by atoms with E-state index >= 15 is 0 Å². The van der Waals surface area contributed by atoms with Crippen LogP contribution in [0.15, 0.2) is 12.1 Å². The first kappa shape index (κ1) is 13.3. The summed E-state index contributed by atoms with van der Waals surface area (Å²) in [5.74, 6) is 0.854. The van der Waals surface area contributed by atoms with Crippen molar-refractivity contribution in [2.75, 3.05) is 0 Å². The van der Waals surface area contributed by atoms with Crippen LogP contribution < -0.4 is 5.32 Å². The van der Waals surface area contributed by atoms with Crippen molar-refractivity contribution in [2.45, 2.75) is 45.6 Å². The predicted octanol–water partition coefficient (Wildman–Crippen LogP) is 3.39. The molecule has 0 saturated heterocycles. The Balaban J connectivity index is 2.13. The monoisotopic (exact) mass is 266 g/mol. The second kappa shape index (κ2) is 5.27. The van der Waals surface area contributed by atoms with Crippen LogP contribution in [0, 0.1) is 5.92 Å². The molecule has 1 fully saturated rings. The molecule has 1 unspecified atom stereocenters. The second-order valence-electron chi connectivity index (χ2n) is 5.36. The van der Waals surface area contributed by atoms with Crippen molar-refractivity contribution in [3.63, 3.8) is 0 Å². The topological polar surface area (TPSA) is 42.0 Å². The molecule has 0 aromatic carbocycles. The molecule has 0 bridgehead atoms. The van der Waals surface area contributed by atoms with Gasteiger partial charge < -0.3 is 5.32 Å². The molecule has 1 N–H and O–H groups in total. The van der Waals surface area contributed by atoms with Crippen LogP contribution >= 0.6 is 11.6 Å². The van der Waals surface area contributed by atoms with Crippen LogP contribution in [-0.2, 0) is 0 Å². The van der Waals surface area contributed by atoms with E-state index in [1.165, 1.54) is 12.8 Å². The maximum absolute atomic E-state index is 12.1. The highest BCUT2D eigenvalue weighted by Crippen LogP contribution is 2.32. The molecule has 3 nitrogen and oxygen atoms in total. The van der Waals surface area contributed by atoms with Gasteiger partial charge in [-0.2, -0.15) is 0 Å². The number of hydrogen-bond donors (Lipinski definition) is 1. The number of carbonyl (C=O) groups excluding carboxylic acids is 1. The van der Waals surface area contributed by atoms with E-state index < -0.39 is 0 Å². The van der Waals surface area contributed by atoms with Gasteiger partial charge in [-0.25, -0.2) is 4.98 Å². The Morgan fingerprint density at radius 3 is 2.61 bits per heavy atom. The van der Waals surface area contributed by atoms with Gasteiger partial charge in [0.25, 0.3) is 5.91 Å². The average Bonchev–Trinajstić information content (AvgIpc) is 3.11. The maximum atomic E-state index is 12.1. The van der Waals surface area contributed by atoms with Gasteiger partial charge in [-0.1, -0.05) is 25.4 Å². The first-order valence-electron chi connectivity index (χ1n) is 6.45. The molecule has 1 aromatic rings. The Morgan fingerprint density at radius 2 is 2.06 bits per heavy atom. The molecule has 0 spiro atoms. The minimum absolute atomic E-state index is 0.0550. The second-order valence-corrected chi connectivity index (χ2v) is 5.74. The zero-order valence-electron chi connectivity index (χ0n) is 11.0. The lowest BCUT2D eigenvalue weighted by Crippen LogP contribution is -2.34. The molecule has 2 rings (SSSR count). The third kappa shape index (κ3) is 3.22. The molecule has 1 heterocycles. The van der Waals surface area contributed by atoms with Crippen molar-refractivity contribution < 1.29 is 4.79 Å². The number of pyridine rings is 1. The number of rotatable bonds is 4. The molecule has 1 aliphatic rings. The summed E-state index contributed by atoms with van der Waals surface area (Å²) in [4.78, 5) is 16.3. The molecule has 0 aliphatic heterocycles.